The second-order valence-corrected chi connectivity index (χ2v) is 2.98. The fourth-order valence-corrected chi connectivity index (χ4v) is 1.28. The summed E-state index contributed by atoms with van der Waals surface area (Å²) in [5, 5.41) is 10.6. The summed E-state index contributed by atoms with van der Waals surface area (Å²) in [7, 11) is 0. The molecule has 0 aromatic heterocycles. The molecule has 0 aliphatic rings. The zero-order valence-electron chi connectivity index (χ0n) is 7.03. The van der Waals surface area contributed by atoms with Gasteiger partial charge < -0.3 is 0 Å². The van der Waals surface area contributed by atoms with Crippen molar-refractivity contribution in [1.29, 1.82) is 0 Å². The van der Waals surface area contributed by atoms with Crippen molar-refractivity contribution in [3.05, 3.63) is 50.7 Å². The lowest BCUT2D eigenvalue weighted by Crippen LogP contribution is -1.85. The summed E-state index contributed by atoms with van der Waals surface area (Å²) >= 11 is 5.84. The normalized spacial score (nSPS) is 10.6. The van der Waals surface area contributed by atoms with Crippen molar-refractivity contribution < 1.29 is 4.92 Å². The third kappa shape index (κ3) is 2.56. The van der Waals surface area contributed by atoms with E-state index >= 15 is 0 Å². The van der Waals surface area contributed by atoms with Crippen LogP contribution in [0.5, 0.6) is 0 Å². The molecule has 0 fully saturated rings. The predicted octanol–water partition coefficient (Wildman–Crippen LogP) is 2.90. The molecule has 0 unspecified atom stereocenters. The van der Waals surface area contributed by atoms with Crippen LogP contribution in [0.15, 0.2) is 24.4 Å². The van der Waals surface area contributed by atoms with Crippen molar-refractivity contribution in [3.63, 3.8) is 0 Å². The second-order valence-electron chi connectivity index (χ2n) is 2.57. The van der Waals surface area contributed by atoms with Crippen LogP contribution in [-0.4, -0.2) is 4.92 Å². The van der Waals surface area contributed by atoms with Crippen LogP contribution in [0.1, 0.15) is 11.1 Å². The zero-order chi connectivity index (χ0) is 9.84. The minimum absolute atomic E-state index is 0.511. The smallest absolute Gasteiger partial charge is 0.235 e. The van der Waals surface area contributed by atoms with Gasteiger partial charge in [-0.25, -0.2) is 0 Å². The molecule has 0 N–H and O–H groups in total. The quantitative estimate of drug-likeness (QED) is 0.541. The lowest BCUT2D eigenvalue weighted by Gasteiger charge is -2.00. The number of aryl methyl sites for hydroxylation is 1. The number of nitrogens with zero attached hydrogens (tertiary/aromatic N) is 1. The van der Waals surface area contributed by atoms with Crippen molar-refractivity contribution in [2.75, 3.05) is 0 Å². The van der Waals surface area contributed by atoms with Gasteiger partial charge in [0, 0.05) is 16.7 Å². The summed E-state index contributed by atoms with van der Waals surface area (Å²) in [6, 6.07) is 5.36. The summed E-state index contributed by atoms with van der Waals surface area (Å²) in [4.78, 5) is 9.56. The van der Waals surface area contributed by atoms with Gasteiger partial charge >= 0.3 is 0 Å². The Labute approximate surface area is 80.8 Å². The van der Waals surface area contributed by atoms with Gasteiger partial charge in [-0.1, -0.05) is 23.7 Å². The molecule has 0 radical (unpaired) electrons. The molecule has 0 saturated heterocycles. The van der Waals surface area contributed by atoms with Crippen LogP contribution < -0.4 is 0 Å². The highest BCUT2D eigenvalue weighted by Gasteiger charge is 2.00. The summed E-state index contributed by atoms with van der Waals surface area (Å²) in [5.41, 5.74) is 1.62. The number of nitro groups is 1. The Hall–Kier alpha value is -1.35. The molecule has 4 heteroatoms. The van der Waals surface area contributed by atoms with E-state index in [0.717, 1.165) is 11.8 Å². The fraction of sp³-hybridized carbons (Fsp3) is 0.111. The Morgan fingerprint density at radius 1 is 1.54 bits per heavy atom. The lowest BCUT2D eigenvalue weighted by molar-refractivity contribution is -0.400. The van der Waals surface area contributed by atoms with E-state index in [0.29, 0.717) is 10.6 Å². The van der Waals surface area contributed by atoms with Gasteiger partial charge in [0.25, 0.3) is 0 Å². The summed E-state index contributed by atoms with van der Waals surface area (Å²) < 4.78 is 0. The molecule has 1 aromatic rings. The fourth-order valence-electron chi connectivity index (χ4n) is 0.991. The van der Waals surface area contributed by atoms with Crippen molar-refractivity contribution in [3.8, 4) is 0 Å². The SMILES string of the molecule is Cc1cccc(Cl)c1/C=C/[N+](=O)[O-]. The van der Waals surface area contributed by atoms with E-state index in [9.17, 15) is 10.1 Å². The predicted molar refractivity (Wildman–Crippen MR) is 52.2 cm³/mol. The van der Waals surface area contributed by atoms with Gasteiger partial charge in [0.05, 0.1) is 4.92 Å². The molecule has 0 aliphatic heterocycles. The van der Waals surface area contributed by atoms with Crippen molar-refractivity contribution in [1.82, 2.24) is 0 Å². The molecule has 0 saturated carbocycles. The Kier molecular flexibility index (Phi) is 3.03. The number of benzene rings is 1. The van der Waals surface area contributed by atoms with Gasteiger partial charge in [0.1, 0.15) is 0 Å². The minimum atomic E-state index is -0.511. The van der Waals surface area contributed by atoms with Crippen LogP contribution in [0, 0.1) is 17.0 Å². The van der Waals surface area contributed by atoms with E-state index in [-0.39, 0.29) is 0 Å². The van der Waals surface area contributed by atoms with Gasteiger partial charge in [-0.2, -0.15) is 0 Å². The van der Waals surface area contributed by atoms with E-state index in [1.165, 1.54) is 6.08 Å². The van der Waals surface area contributed by atoms with Gasteiger partial charge in [0.15, 0.2) is 0 Å². The topological polar surface area (TPSA) is 43.1 Å². The van der Waals surface area contributed by atoms with Crippen molar-refractivity contribution >= 4 is 17.7 Å². The first-order chi connectivity index (χ1) is 6.11. The Balaban J connectivity index is 3.06. The second kappa shape index (κ2) is 4.05. The molecule has 0 spiro atoms. The zero-order valence-corrected chi connectivity index (χ0v) is 7.78. The molecule has 1 aromatic carbocycles. The van der Waals surface area contributed by atoms with Gasteiger partial charge in [-0.05, 0) is 18.6 Å². The van der Waals surface area contributed by atoms with Crippen LogP contribution >= 0.6 is 11.6 Å². The summed E-state index contributed by atoms with van der Waals surface area (Å²) in [6.07, 6.45) is 2.28. The standard InChI is InChI=1S/C9H8ClNO2/c1-7-3-2-4-9(10)8(7)5-6-11(12)13/h2-6H,1H3/b6-5+. The molecule has 0 amide bonds. The average Bonchev–Trinajstić information content (AvgIpc) is 2.03. The molecule has 3 nitrogen and oxygen atoms in total. The van der Waals surface area contributed by atoms with Crippen LogP contribution in [0.2, 0.25) is 5.02 Å². The first-order valence-electron chi connectivity index (χ1n) is 3.68. The summed E-state index contributed by atoms with van der Waals surface area (Å²) in [6.45, 7) is 1.85. The lowest BCUT2D eigenvalue weighted by atomic mass is 10.1. The monoisotopic (exact) mass is 197 g/mol. The van der Waals surface area contributed by atoms with E-state index in [4.69, 9.17) is 11.6 Å². The van der Waals surface area contributed by atoms with Gasteiger partial charge in [0.2, 0.25) is 6.20 Å². The highest BCUT2D eigenvalue weighted by atomic mass is 35.5. The highest BCUT2D eigenvalue weighted by molar-refractivity contribution is 6.32. The molecule has 68 valence electrons. The third-order valence-corrected chi connectivity index (χ3v) is 1.96. The van der Waals surface area contributed by atoms with Crippen LogP contribution in [0.25, 0.3) is 6.08 Å². The van der Waals surface area contributed by atoms with Crippen LogP contribution in [0.4, 0.5) is 0 Å². The minimum Gasteiger partial charge on any atom is -0.259 e. The van der Waals surface area contributed by atoms with Gasteiger partial charge in [-0.3, -0.25) is 10.1 Å². The number of hydrogen-bond acceptors (Lipinski definition) is 2. The molecular formula is C9H8ClNO2. The van der Waals surface area contributed by atoms with Crippen LogP contribution in [-0.2, 0) is 0 Å². The third-order valence-electron chi connectivity index (χ3n) is 1.63. The maximum Gasteiger partial charge on any atom is 0.235 e. The van der Waals surface area contributed by atoms with E-state index < -0.39 is 4.92 Å². The Bertz CT molecular complexity index is 340. The van der Waals surface area contributed by atoms with Crippen LogP contribution in [0.3, 0.4) is 0 Å². The first kappa shape index (κ1) is 9.74. The van der Waals surface area contributed by atoms with Gasteiger partial charge in [-0.15, -0.1) is 0 Å². The molecule has 13 heavy (non-hydrogen) atoms. The molecular weight excluding hydrogens is 190 g/mol. The Morgan fingerprint density at radius 3 is 2.77 bits per heavy atom. The van der Waals surface area contributed by atoms with E-state index in [1.807, 2.05) is 13.0 Å². The molecule has 0 aliphatic carbocycles. The molecule has 0 bridgehead atoms. The molecule has 0 atom stereocenters. The van der Waals surface area contributed by atoms with Crippen molar-refractivity contribution in [2.24, 2.45) is 0 Å². The maximum absolute atomic E-state index is 10.1. The van der Waals surface area contributed by atoms with E-state index in [2.05, 4.69) is 0 Å². The Morgan fingerprint density at radius 2 is 2.23 bits per heavy atom. The largest absolute Gasteiger partial charge is 0.259 e. The highest BCUT2D eigenvalue weighted by Crippen LogP contribution is 2.20. The maximum atomic E-state index is 10.1. The average molecular weight is 198 g/mol. The number of halogens is 1. The summed E-state index contributed by atoms with van der Waals surface area (Å²) in [5.74, 6) is 0. The first-order valence-corrected chi connectivity index (χ1v) is 4.06. The van der Waals surface area contributed by atoms with Crippen molar-refractivity contribution in [2.45, 2.75) is 6.92 Å². The number of rotatable bonds is 2. The molecule has 1 rings (SSSR count). The van der Waals surface area contributed by atoms with E-state index in [1.54, 1.807) is 12.1 Å². The molecule has 0 heterocycles. The number of hydrogen-bond donors (Lipinski definition) is 0.